The van der Waals surface area contributed by atoms with Gasteiger partial charge in [-0.15, -0.1) is 0 Å². The molecule has 0 bridgehead atoms. The molecule has 0 aliphatic heterocycles. The smallest absolute Gasteiger partial charge is 0.200 e. The third-order valence-corrected chi connectivity index (χ3v) is 2.94. The Hall–Kier alpha value is -1.29. The lowest BCUT2D eigenvalue weighted by Crippen LogP contribution is -2.22. The van der Waals surface area contributed by atoms with Crippen molar-refractivity contribution < 1.29 is 8.83 Å². The third kappa shape index (κ3) is 1.07. The molecule has 74 valence electrons. The molecule has 2 unspecified atom stereocenters. The summed E-state index contributed by atoms with van der Waals surface area (Å²) in [6.45, 7) is 0. The van der Waals surface area contributed by atoms with Crippen LogP contribution >= 0.6 is 0 Å². The van der Waals surface area contributed by atoms with Gasteiger partial charge in [0.25, 0.3) is 0 Å². The number of aromatic nitrogens is 1. The summed E-state index contributed by atoms with van der Waals surface area (Å²) in [5, 5.41) is 0. The molecular formula is C10H12N2O2. The van der Waals surface area contributed by atoms with Crippen LogP contribution in [0.5, 0.6) is 0 Å². The second-order valence-corrected chi connectivity index (χ2v) is 3.87. The maximum absolute atomic E-state index is 5.98. The summed E-state index contributed by atoms with van der Waals surface area (Å²) in [6.07, 6.45) is 6.50. The zero-order valence-corrected chi connectivity index (χ0v) is 7.77. The maximum Gasteiger partial charge on any atom is 0.200 e. The predicted octanol–water partition coefficient (Wildman–Crippen LogP) is 2.02. The molecule has 0 amide bonds. The highest BCUT2D eigenvalue weighted by molar-refractivity contribution is 5.70. The first kappa shape index (κ1) is 8.05. The van der Waals surface area contributed by atoms with Crippen LogP contribution in [0.2, 0.25) is 0 Å². The molecule has 1 saturated carbocycles. The number of fused-ring (bicyclic) bond motifs is 1. The first-order valence-electron chi connectivity index (χ1n) is 4.93. The monoisotopic (exact) mass is 192 g/mol. The Bertz CT molecular complexity index is 417. The minimum absolute atomic E-state index is 0.203. The van der Waals surface area contributed by atoms with Crippen molar-refractivity contribution in [3.05, 3.63) is 18.4 Å². The Balaban J connectivity index is 2.01. The van der Waals surface area contributed by atoms with Crippen LogP contribution in [0.4, 0.5) is 0 Å². The molecule has 1 aliphatic rings. The van der Waals surface area contributed by atoms with E-state index in [4.69, 9.17) is 14.6 Å². The predicted molar refractivity (Wildman–Crippen MR) is 50.8 cm³/mol. The van der Waals surface area contributed by atoms with E-state index >= 15 is 0 Å². The van der Waals surface area contributed by atoms with Gasteiger partial charge in [0.05, 0.1) is 5.92 Å². The van der Waals surface area contributed by atoms with E-state index in [1.54, 1.807) is 12.5 Å². The summed E-state index contributed by atoms with van der Waals surface area (Å²) in [6, 6.07) is 0.203. The molecule has 2 aromatic heterocycles. The highest BCUT2D eigenvalue weighted by atomic mass is 16.4. The van der Waals surface area contributed by atoms with Crippen molar-refractivity contribution in [3.8, 4) is 0 Å². The molecule has 1 fully saturated rings. The van der Waals surface area contributed by atoms with E-state index in [9.17, 15) is 0 Å². The molecule has 0 saturated heterocycles. The first-order valence-corrected chi connectivity index (χ1v) is 4.93. The number of hydrogen-bond donors (Lipinski definition) is 1. The van der Waals surface area contributed by atoms with Crippen molar-refractivity contribution in [2.24, 2.45) is 5.73 Å². The molecule has 2 heterocycles. The first-order chi connectivity index (χ1) is 6.84. The summed E-state index contributed by atoms with van der Waals surface area (Å²) < 4.78 is 10.5. The zero-order valence-electron chi connectivity index (χ0n) is 7.77. The average molecular weight is 192 g/mol. The fourth-order valence-electron chi connectivity index (χ4n) is 2.14. The fourth-order valence-corrected chi connectivity index (χ4v) is 2.14. The van der Waals surface area contributed by atoms with Crippen LogP contribution < -0.4 is 5.73 Å². The molecule has 3 rings (SSSR count). The fraction of sp³-hybridized carbons (Fsp3) is 0.500. The van der Waals surface area contributed by atoms with Gasteiger partial charge < -0.3 is 14.6 Å². The van der Waals surface area contributed by atoms with Crippen molar-refractivity contribution in [1.29, 1.82) is 0 Å². The molecule has 0 radical (unpaired) electrons. The Kier molecular flexibility index (Phi) is 1.64. The number of hydrogen-bond acceptors (Lipinski definition) is 4. The highest BCUT2D eigenvalue weighted by Crippen LogP contribution is 2.34. The Morgan fingerprint density at radius 2 is 2.29 bits per heavy atom. The van der Waals surface area contributed by atoms with Crippen LogP contribution in [0.1, 0.15) is 31.1 Å². The zero-order chi connectivity index (χ0) is 9.54. The molecule has 1 aliphatic carbocycles. The number of rotatable bonds is 1. The lowest BCUT2D eigenvalue weighted by atomic mass is 10.1. The third-order valence-electron chi connectivity index (χ3n) is 2.94. The average Bonchev–Trinajstić information content (AvgIpc) is 2.75. The van der Waals surface area contributed by atoms with Gasteiger partial charge in [0.1, 0.15) is 18.0 Å². The van der Waals surface area contributed by atoms with Crippen LogP contribution in [0.25, 0.3) is 11.1 Å². The van der Waals surface area contributed by atoms with Gasteiger partial charge in [-0.05, 0) is 12.8 Å². The van der Waals surface area contributed by atoms with Crippen molar-refractivity contribution in [2.45, 2.75) is 31.2 Å². The normalized spacial score (nSPS) is 27.5. The van der Waals surface area contributed by atoms with Crippen molar-refractivity contribution in [3.63, 3.8) is 0 Å². The Morgan fingerprint density at radius 3 is 3.00 bits per heavy atom. The number of nitrogens with zero attached hydrogens (tertiary/aromatic N) is 1. The van der Waals surface area contributed by atoms with E-state index in [1.165, 1.54) is 6.42 Å². The number of nitrogens with two attached hydrogens (primary N) is 1. The molecule has 2 atom stereocenters. The van der Waals surface area contributed by atoms with E-state index in [1.807, 2.05) is 0 Å². The summed E-state index contributed by atoms with van der Waals surface area (Å²) >= 11 is 0. The standard InChI is InChI=1S/C10H12N2O2/c11-7-3-1-2-6(7)10-12-8-4-13-5-9(8)14-10/h4-7H,1-3,11H2. The Labute approximate surface area is 81.1 Å². The molecule has 4 heteroatoms. The Morgan fingerprint density at radius 1 is 1.36 bits per heavy atom. The molecule has 2 aromatic rings. The number of oxazole rings is 1. The van der Waals surface area contributed by atoms with Crippen molar-refractivity contribution in [1.82, 2.24) is 4.98 Å². The van der Waals surface area contributed by atoms with Crippen LogP contribution in [0.15, 0.2) is 21.4 Å². The quantitative estimate of drug-likeness (QED) is 0.750. The topological polar surface area (TPSA) is 65.2 Å². The van der Waals surface area contributed by atoms with Gasteiger partial charge in [0, 0.05) is 6.04 Å². The van der Waals surface area contributed by atoms with Crippen LogP contribution in [-0.2, 0) is 0 Å². The highest BCUT2D eigenvalue weighted by Gasteiger charge is 2.29. The van der Waals surface area contributed by atoms with Crippen LogP contribution in [0.3, 0.4) is 0 Å². The second-order valence-electron chi connectivity index (χ2n) is 3.87. The van der Waals surface area contributed by atoms with Crippen molar-refractivity contribution in [2.75, 3.05) is 0 Å². The summed E-state index contributed by atoms with van der Waals surface area (Å²) in [7, 11) is 0. The van der Waals surface area contributed by atoms with Crippen molar-refractivity contribution >= 4 is 11.1 Å². The molecule has 2 N–H and O–H groups in total. The SMILES string of the molecule is NC1CCCC1c1nc2cocc2o1. The molecule has 0 spiro atoms. The van der Waals surface area contributed by atoms with E-state index in [2.05, 4.69) is 4.98 Å². The lowest BCUT2D eigenvalue weighted by Gasteiger charge is -2.09. The van der Waals surface area contributed by atoms with E-state index in [0.29, 0.717) is 5.92 Å². The van der Waals surface area contributed by atoms with Gasteiger partial charge in [-0.3, -0.25) is 0 Å². The van der Waals surface area contributed by atoms with Crippen LogP contribution in [0, 0.1) is 0 Å². The molecule has 14 heavy (non-hydrogen) atoms. The van der Waals surface area contributed by atoms with Gasteiger partial charge >= 0.3 is 0 Å². The summed E-state index contributed by atoms with van der Waals surface area (Å²) in [4.78, 5) is 4.36. The van der Waals surface area contributed by atoms with Crippen LogP contribution in [-0.4, -0.2) is 11.0 Å². The minimum Gasteiger partial charge on any atom is -0.466 e. The molecule has 4 nitrogen and oxygen atoms in total. The number of furan rings is 1. The molecule has 0 aromatic carbocycles. The van der Waals surface area contributed by atoms with Gasteiger partial charge in [0.15, 0.2) is 11.5 Å². The van der Waals surface area contributed by atoms with E-state index in [0.717, 1.165) is 29.8 Å². The second kappa shape index (κ2) is 2.85. The minimum atomic E-state index is 0.203. The van der Waals surface area contributed by atoms with E-state index < -0.39 is 0 Å². The summed E-state index contributed by atoms with van der Waals surface area (Å²) in [5.41, 5.74) is 7.49. The van der Waals surface area contributed by atoms with Gasteiger partial charge in [-0.2, -0.15) is 0 Å². The maximum atomic E-state index is 5.98. The largest absolute Gasteiger partial charge is 0.466 e. The summed E-state index contributed by atoms with van der Waals surface area (Å²) in [5.74, 6) is 1.07. The lowest BCUT2D eigenvalue weighted by molar-refractivity contribution is 0.442. The van der Waals surface area contributed by atoms with Gasteiger partial charge in [-0.25, -0.2) is 4.98 Å². The van der Waals surface area contributed by atoms with Gasteiger partial charge in [-0.1, -0.05) is 6.42 Å². The van der Waals surface area contributed by atoms with Gasteiger partial charge in [0.2, 0.25) is 0 Å². The molecular weight excluding hydrogens is 180 g/mol. The van der Waals surface area contributed by atoms with E-state index in [-0.39, 0.29) is 6.04 Å².